The lowest BCUT2D eigenvalue weighted by Gasteiger charge is -2.26. The van der Waals surface area contributed by atoms with Gasteiger partial charge < -0.3 is 19.7 Å². The number of methoxy groups -OCH3 is 2. The second kappa shape index (κ2) is 13.2. The predicted molar refractivity (Wildman–Crippen MR) is 132 cm³/mol. The third-order valence-corrected chi connectivity index (χ3v) is 5.18. The lowest BCUT2D eigenvalue weighted by molar-refractivity contribution is 0.217. The average Bonchev–Trinajstić information content (AvgIpc) is 3.52. The van der Waals surface area contributed by atoms with Crippen molar-refractivity contribution in [2.24, 2.45) is 4.99 Å². The standard InChI is InChI=1S/C22H38N4O2.HI/c1-7-23-22(24-13-15-26(17(2)3)19-9-10-19)25(4)14-12-18-8-11-20(27-5)21(16-18)28-6;/h8,11,16-17,19H,7,9-10,12-15H2,1-6H3,(H,23,24);1H. The van der Waals surface area contributed by atoms with Crippen LogP contribution in [0.4, 0.5) is 0 Å². The molecule has 0 bridgehead atoms. The number of benzene rings is 1. The minimum atomic E-state index is 0. The molecular weight excluding hydrogens is 479 g/mol. The van der Waals surface area contributed by atoms with Gasteiger partial charge in [0.2, 0.25) is 0 Å². The highest BCUT2D eigenvalue weighted by atomic mass is 127. The van der Waals surface area contributed by atoms with Gasteiger partial charge >= 0.3 is 0 Å². The largest absolute Gasteiger partial charge is 0.493 e. The molecule has 0 saturated heterocycles. The Bertz CT molecular complexity index is 633. The van der Waals surface area contributed by atoms with Crippen LogP contribution in [-0.2, 0) is 6.42 Å². The summed E-state index contributed by atoms with van der Waals surface area (Å²) < 4.78 is 10.7. The zero-order valence-corrected chi connectivity index (χ0v) is 21.2. The zero-order valence-electron chi connectivity index (χ0n) is 18.9. The maximum Gasteiger partial charge on any atom is 0.193 e. The zero-order chi connectivity index (χ0) is 20.5. The van der Waals surface area contributed by atoms with E-state index in [-0.39, 0.29) is 24.0 Å². The van der Waals surface area contributed by atoms with E-state index in [0.29, 0.717) is 6.04 Å². The number of aliphatic imine (C=N–C) groups is 1. The van der Waals surface area contributed by atoms with Crippen LogP contribution in [0.5, 0.6) is 11.5 Å². The maximum atomic E-state index is 5.41. The van der Waals surface area contributed by atoms with Crippen LogP contribution < -0.4 is 14.8 Å². The van der Waals surface area contributed by atoms with E-state index in [1.165, 1.54) is 18.4 Å². The summed E-state index contributed by atoms with van der Waals surface area (Å²) in [6.07, 6.45) is 3.60. The Morgan fingerprint density at radius 3 is 2.41 bits per heavy atom. The molecule has 0 spiro atoms. The number of rotatable bonds is 11. The minimum Gasteiger partial charge on any atom is -0.493 e. The summed E-state index contributed by atoms with van der Waals surface area (Å²) in [4.78, 5) is 9.65. The highest BCUT2D eigenvalue weighted by molar-refractivity contribution is 14.0. The molecule has 0 amide bonds. The first kappa shape index (κ1) is 25.8. The summed E-state index contributed by atoms with van der Waals surface area (Å²) in [5.41, 5.74) is 1.22. The average molecular weight is 518 g/mol. The van der Waals surface area contributed by atoms with Crippen molar-refractivity contribution in [2.45, 2.75) is 52.1 Å². The molecule has 1 aromatic rings. The first-order valence-corrected chi connectivity index (χ1v) is 10.5. The van der Waals surface area contributed by atoms with Crippen LogP contribution in [0.3, 0.4) is 0 Å². The summed E-state index contributed by atoms with van der Waals surface area (Å²) in [5, 5.41) is 3.42. The van der Waals surface area contributed by atoms with Crippen LogP contribution in [0.15, 0.2) is 23.2 Å². The fourth-order valence-corrected chi connectivity index (χ4v) is 3.45. The minimum absolute atomic E-state index is 0. The Morgan fingerprint density at radius 1 is 1.17 bits per heavy atom. The molecule has 6 nitrogen and oxygen atoms in total. The van der Waals surface area contributed by atoms with E-state index in [9.17, 15) is 0 Å². The van der Waals surface area contributed by atoms with E-state index in [1.807, 2.05) is 12.1 Å². The van der Waals surface area contributed by atoms with E-state index in [0.717, 1.165) is 56.1 Å². The molecule has 1 fully saturated rings. The molecule has 0 aliphatic heterocycles. The molecule has 1 aliphatic carbocycles. The fourth-order valence-electron chi connectivity index (χ4n) is 3.45. The number of nitrogens with zero attached hydrogens (tertiary/aromatic N) is 3. The molecule has 0 heterocycles. The molecule has 1 aromatic carbocycles. The number of likely N-dealkylation sites (N-methyl/N-ethyl adjacent to an activating group) is 1. The van der Waals surface area contributed by atoms with Crippen LogP contribution in [0.1, 0.15) is 39.2 Å². The molecule has 1 saturated carbocycles. The van der Waals surface area contributed by atoms with E-state index in [2.05, 4.69) is 49.0 Å². The van der Waals surface area contributed by atoms with Gasteiger partial charge in [-0.25, -0.2) is 0 Å². The maximum absolute atomic E-state index is 5.41. The smallest absolute Gasteiger partial charge is 0.193 e. The van der Waals surface area contributed by atoms with E-state index < -0.39 is 0 Å². The van der Waals surface area contributed by atoms with Crippen molar-refractivity contribution in [3.63, 3.8) is 0 Å². The summed E-state index contributed by atoms with van der Waals surface area (Å²) in [5.74, 6) is 2.51. The first-order chi connectivity index (χ1) is 13.5. The number of ether oxygens (including phenoxy) is 2. The van der Waals surface area contributed by atoms with Crippen molar-refractivity contribution >= 4 is 29.9 Å². The van der Waals surface area contributed by atoms with Gasteiger partial charge in [0, 0.05) is 38.8 Å². The topological polar surface area (TPSA) is 49.3 Å². The molecular formula is C22H39IN4O2. The van der Waals surface area contributed by atoms with E-state index >= 15 is 0 Å². The monoisotopic (exact) mass is 518 g/mol. The third-order valence-electron chi connectivity index (χ3n) is 5.18. The summed E-state index contributed by atoms with van der Waals surface area (Å²) >= 11 is 0. The molecule has 1 N–H and O–H groups in total. The van der Waals surface area contributed by atoms with Crippen molar-refractivity contribution in [1.29, 1.82) is 0 Å². The van der Waals surface area contributed by atoms with Gasteiger partial charge in [-0.05, 0) is 57.7 Å². The van der Waals surface area contributed by atoms with Crippen molar-refractivity contribution in [3.05, 3.63) is 23.8 Å². The van der Waals surface area contributed by atoms with Gasteiger partial charge in [-0.3, -0.25) is 9.89 Å². The Labute approximate surface area is 194 Å². The van der Waals surface area contributed by atoms with Gasteiger partial charge in [-0.1, -0.05) is 6.07 Å². The first-order valence-electron chi connectivity index (χ1n) is 10.5. The van der Waals surface area contributed by atoms with Gasteiger partial charge in [-0.2, -0.15) is 0 Å². The Kier molecular flexibility index (Phi) is 11.7. The number of hydrogen-bond acceptors (Lipinski definition) is 4. The van der Waals surface area contributed by atoms with Gasteiger partial charge in [-0.15, -0.1) is 24.0 Å². The Morgan fingerprint density at radius 2 is 1.86 bits per heavy atom. The van der Waals surface area contributed by atoms with E-state index in [4.69, 9.17) is 14.5 Å². The number of hydrogen-bond donors (Lipinski definition) is 1. The summed E-state index contributed by atoms with van der Waals surface area (Å²) in [6.45, 7) is 10.3. The molecule has 0 radical (unpaired) electrons. The van der Waals surface area contributed by atoms with Crippen LogP contribution in [0, 0.1) is 0 Å². The molecule has 166 valence electrons. The van der Waals surface area contributed by atoms with Crippen LogP contribution >= 0.6 is 24.0 Å². The van der Waals surface area contributed by atoms with Gasteiger partial charge in [0.05, 0.1) is 20.8 Å². The van der Waals surface area contributed by atoms with Gasteiger partial charge in [0.25, 0.3) is 0 Å². The van der Waals surface area contributed by atoms with Crippen molar-refractivity contribution in [3.8, 4) is 11.5 Å². The molecule has 29 heavy (non-hydrogen) atoms. The highest BCUT2D eigenvalue weighted by Crippen LogP contribution is 2.28. The third kappa shape index (κ3) is 8.20. The Hall–Kier alpha value is -1.22. The second-order valence-corrected chi connectivity index (χ2v) is 7.66. The van der Waals surface area contributed by atoms with Crippen LogP contribution in [-0.4, -0.2) is 75.3 Å². The molecule has 0 aromatic heterocycles. The fraction of sp³-hybridized carbons (Fsp3) is 0.682. The summed E-state index contributed by atoms with van der Waals surface area (Å²) in [7, 11) is 5.43. The summed E-state index contributed by atoms with van der Waals surface area (Å²) in [6, 6.07) is 7.47. The molecule has 2 rings (SSSR count). The van der Waals surface area contributed by atoms with Gasteiger partial charge in [0.15, 0.2) is 17.5 Å². The lowest BCUT2D eigenvalue weighted by Crippen LogP contribution is -2.41. The second-order valence-electron chi connectivity index (χ2n) is 7.66. The van der Waals surface area contributed by atoms with Gasteiger partial charge in [0.1, 0.15) is 0 Å². The van der Waals surface area contributed by atoms with Crippen molar-refractivity contribution in [2.75, 3.05) is 47.4 Å². The number of halogens is 1. The highest BCUT2D eigenvalue weighted by Gasteiger charge is 2.30. The number of guanidine groups is 1. The van der Waals surface area contributed by atoms with Crippen molar-refractivity contribution in [1.82, 2.24) is 15.1 Å². The SMILES string of the molecule is CCNC(=NCCN(C(C)C)C1CC1)N(C)CCc1ccc(OC)c(OC)c1.I. The number of nitrogens with one attached hydrogen (secondary N) is 1. The molecule has 0 atom stereocenters. The molecule has 0 unspecified atom stereocenters. The normalized spacial score (nSPS) is 14.0. The van der Waals surface area contributed by atoms with E-state index in [1.54, 1.807) is 14.2 Å². The molecule has 1 aliphatic rings. The van der Waals surface area contributed by atoms with Crippen LogP contribution in [0.2, 0.25) is 0 Å². The quantitative estimate of drug-likeness (QED) is 0.276. The Balaban J connectivity index is 0.00000420. The van der Waals surface area contributed by atoms with Crippen LogP contribution in [0.25, 0.3) is 0 Å². The predicted octanol–water partition coefficient (Wildman–Crippen LogP) is 3.63. The lowest BCUT2D eigenvalue weighted by atomic mass is 10.1. The molecule has 7 heteroatoms. The van der Waals surface area contributed by atoms with Crippen molar-refractivity contribution < 1.29 is 9.47 Å².